The molecule has 1 fully saturated rings. The van der Waals surface area contributed by atoms with E-state index in [0.29, 0.717) is 23.7 Å². The Morgan fingerprint density at radius 2 is 2.25 bits per heavy atom. The predicted molar refractivity (Wildman–Crippen MR) is 83.7 cm³/mol. The van der Waals surface area contributed by atoms with Gasteiger partial charge in [-0.2, -0.15) is 16.1 Å². The molecule has 1 aliphatic rings. The predicted octanol–water partition coefficient (Wildman–Crippen LogP) is 2.03. The van der Waals surface area contributed by atoms with E-state index in [1.54, 1.807) is 16.6 Å². The van der Waals surface area contributed by atoms with Crippen LogP contribution in [0, 0.1) is 0 Å². The van der Waals surface area contributed by atoms with Gasteiger partial charge in [-0.3, -0.25) is 4.98 Å². The van der Waals surface area contributed by atoms with E-state index < -0.39 is 10.0 Å². The summed E-state index contributed by atoms with van der Waals surface area (Å²) in [6.45, 7) is 3.98. The van der Waals surface area contributed by atoms with Gasteiger partial charge in [0.05, 0.1) is 5.69 Å². The number of hydrogen-bond acceptors (Lipinski definition) is 5. The largest absolute Gasteiger partial charge is 0.384 e. The zero-order chi connectivity index (χ0) is 14.4. The smallest absolute Gasteiger partial charge is 0.246 e. The molecular weight excluding hydrogens is 294 g/mol. The topological polar surface area (TPSA) is 62.3 Å². The van der Waals surface area contributed by atoms with Crippen molar-refractivity contribution in [2.45, 2.75) is 24.7 Å². The summed E-state index contributed by atoms with van der Waals surface area (Å²) >= 11 is 1.81. The third-order valence-electron chi connectivity index (χ3n) is 3.15. The molecule has 1 aromatic rings. The van der Waals surface area contributed by atoms with Crippen molar-refractivity contribution in [2.24, 2.45) is 0 Å². The van der Waals surface area contributed by atoms with Crippen LogP contribution in [0.2, 0.25) is 0 Å². The van der Waals surface area contributed by atoms with Gasteiger partial charge in [0.1, 0.15) is 4.90 Å². The highest BCUT2D eigenvalue weighted by molar-refractivity contribution is 7.99. The number of rotatable bonds is 5. The minimum absolute atomic E-state index is 0.292. The van der Waals surface area contributed by atoms with Gasteiger partial charge in [0.25, 0.3) is 0 Å². The van der Waals surface area contributed by atoms with E-state index in [2.05, 4.69) is 10.3 Å². The van der Waals surface area contributed by atoms with Crippen LogP contribution in [0.15, 0.2) is 23.4 Å². The molecule has 1 aliphatic heterocycles. The molecule has 20 heavy (non-hydrogen) atoms. The summed E-state index contributed by atoms with van der Waals surface area (Å²) in [5.74, 6) is 1.89. The molecule has 0 bridgehead atoms. The molecule has 0 atom stereocenters. The Bertz CT molecular complexity index is 526. The number of anilines is 1. The minimum Gasteiger partial charge on any atom is -0.384 e. The molecule has 0 spiro atoms. The van der Waals surface area contributed by atoms with Crippen LogP contribution in [0.5, 0.6) is 0 Å². The minimum atomic E-state index is -3.45. The van der Waals surface area contributed by atoms with Gasteiger partial charge >= 0.3 is 0 Å². The second kappa shape index (κ2) is 7.28. The van der Waals surface area contributed by atoms with Crippen molar-refractivity contribution < 1.29 is 8.42 Å². The summed E-state index contributed by atoms with van der Waals surface area (Å²) < 4.78 is 27.1. The van der Waals surface area contributed by atoms with Gasteiger partial charge in [-0.1, -0.05) is 6.92 Å². The van der Waals surface area contributed by atoms with Crippen molar-refractivity contribution in [3.63, 3.8) is 0 Å². The van der Waals surface area contributed by atoms with Crippen molar-refractivity contribution in [3.8, 4) is 0 Å². The summed E-state index contributed by atoms with van der Waals surface area (Å²) in [5.41, 5.74) is 0.652. The number of hydrogen-bond donors (Lipinski definition) is 1. The van der Waals surface area contributed by atoms with Crippen molar-refractivity contribution in [3.05, 3.63) is 18.5 Å². The molecule has 1 aromatic heterocycles. The van der Waals surface area contributed by atoms with E-state index in [4.69, 9.17) is 0 Å². The quantitative estimate of drug-likeness (QED) is 0.901. The Hall–Kier alpha value is -0.790. The van der Waals surface area contributed by atoms with Crippen LogP contribution in [0.4, 0.5) is 5.69 Å². The molecule has 1 N–H and O–H groups in total. The molecule has 0 unspecified atom stereocenters. The number of nitrogens with zero attached hydrogens (tertiary/aromatic N) is 2. The van der Waals surface area contributed by atoms with Gasteiger partial charge < -0.3 is 5.32 Å². The maximum absolute atomic E-state index is 12.8. The number of nitrogens with one attached hydrogen (secondary N) is 1. The van der Waals surface area contributed by atoms with E-state index in [-0.39, 0.29) is 0 Å². The molecule has 2 heterocycles. The molecule has 1 saturated heterocycles. The van der Waals surface area contributed by atoms with Gasteiger partial charge in [-0.25, -0.2) is 8.42 Å². The molecular formula is C13H21N3O2S2. The lowest BCUT2D eigenvalue weighted by Gasteiger charge is -2.21. The average Bonchev–Trinajstić information content (AvgIpc) is 2.75. The van der Waals surface area contributed by atoms with Crippen molar-refractivity contribution in [1.29, 1.82) is 0 Å². The normalized spacial score (nSPS) is 17.6. The summed E-state index contributed by atoms with van der Waals surface area (Å²) in [5, 5.41) is 3.17. The third-order valence-corrected chi connectivity index (χ3v) is 6.12. The average molecular weight is 315 g/mol. The Morgan fingerprint density at radius 3 is 3.05 bits per heavy atom. The summed E-state index contributed by atoms with van der Waals surface area (Å²) in [6.07, 6.45) is 4.92. The fraction of sp³-hybridized carbons (Fsp3) is 0.615. The zero-order valence-electron chi connectivity index (χ0n) is 11.7. The SMILES string of the molecule is CCCNc1ccncc1S(=O)(=O)N1CCCSCC1. The Morgan fingerprint density at radius 1 is 1.40 bits per heavy atom. The lowest BCUT2D eigenvalue weighted by Crippen LogP contribution is -2.33. The highest BCUT2D eigenvalue weighted by Gasteiger charge is 2.27. The maximum atomic E-state index is 12.8. The lowest BCUT2D eigenvalue weighted by molar-refractivity contribution is 0.435. The van der Waals surface area contributed by atoms with Gasteiger partial charge in [0.2, 0.25) is 10.0 Å². The molecule has 7 heteroatoms. The van der Waals surface area contributed by atoms with Crippen LogP contribution in [0.25, 0.3) is 0 Å². The number of thioether (sulfide) groups is 1. The fourth-order valence-corrected chi connectivity index (χ4v) is 4.69. The number of pyridine rings is 1. The van der Waals surface area contributed by atoms with Crippen LogP contribution in [-0.2, 0) is 10.0 Å². The number of aromatic nitrogens is 1. The van der Waals surface area contributed by atoms with Crippen LogP contribution in [0.3, 0.4) is 0 Å². The second-order valence-corrected chi connectivity index (χ2v) is 7.80. The van der Waals surface area contributed by atoms with Crippen LogP contribution in [-0.4, -0.2) is 48.8 Å². The number of sulfonamides is 1. The first-order valence-electron chi connectivity index (χ1n) is 6.92. The highest BCUT2D eigenvalue weighted by Crippen LogP contribution is 2.25. The molecule has 0 aliphatic carbocycles. The summed E-state index contributed by atoms with van der Waals surface area (Å²) in [6, 6.07) is 1.73. The van der Waals surface area contributed by atoms with Gasteiger partial charge in [-0.05, 0) is 24.7 Å². The molecule has 5 nitrogen and oxygen atoms in total. The fourth-order valence-electron chi connectivity index (χ4n) is 2.09. The Labute approximate surface area is 125 Å². The molecule has 112 valence electrons. The van der Waals surface area contributed by atoms with Crippen molar-refractivity contribution in [2.75, 3.05) is 36.5 Å². The summed E-state index contributed by atoms with van der Waals surface area (Å²) in [7, 11) is -3.45. The first-order valence-corrected chi connectivity index (χ1v) is 9.51. The zero-order valence-corrected chi connectivity index (χ0v) is 13.3. The Balaban J connectivity index is 2.28. The first-order chi connectivity index (χ1) is 9.66. The molecule has 0 saturated carbocycles. The van der Waals surface area contributed by atoms with Crippen molar-refractivity contribution in [1.82, 2.24) is 9.29 Å². The van der Waals surface area contributed by atoms with Crippen LogP contribution >= 0.6 is 11.8 Å². The van der Waals surface area contributed by atoms with E-state index in [9.17, 15) is 8.42 Å². The third kappa shape index (κ3) is 3.65. The van der Waals surface area contributed by atoms with E-state index in [1.165, 1.54) is 6.20 Å². The monoisotopic (exact) mass is 315 g/mol. The van der Waals surface area contributed by atoms with Crippen LogP contribution < -0.4 is 5.32 Å². The van der Waals surface area contributed by atoms with E-state index >= 15 is 0 Å². The second-order valence-electron chi connectivity index (χ2n) is 4.67. The molecule has 2 rings (SSSR count). The van der Waals surface area contributed by atoms with Gasteiger partial charge in [0, 0.05) is 37.8 Å². The van der Waals surface area contributed by atoms with Gasteiger partial charge in [0.15, 0.2) is 0 Å². The van der Waals surface area contributed by atoms with E-state index in [0.717, 1.165) is 30.9 Å². The lowest BCUT2D eigenvalue weighted by atomic mass is 10.4. The first kappa shape index (κ1) is 15.6. The molecule has 0 radical (unpaired) electrons. The van der Waals surface area contributed by atoms with E-state index in [1.807, 2.05) is 18.7 Å². The van der Waals surface area contributed by atoms with Gasteiger partial charge in [-0.15, -0.1) is 0 Å². The molecule has 0 amide bonds. The standard InChI is InChI=1S/C13H21N3O2S2/c1-2-5-15-12-4-6-14-11-13(12)20(17,18)16-7-3-9-19-10-8-16/h4,6,11H,2-3,5,7-10H2,1H3,(H,14,15). The molecule has 0 aromatic carbocycles. The summed E-state index contributed by atoms with van der Waals surface area (Å²) in [4.78, 5) is 4.28. The maximum Gasteiger partial charge on any atom is 0.246 e. The Kier molecular flexibility index (Phi) is 5.68. The highest BCUT2D eigenvalue weighted by atomic mass is 32.2. The van der Waals surface area contributed by atoms with Crippen molar-refractivity contribution >= 4 is 27.5 Å². The van der Waals surface area contributed by atoms with Crippen LogP contribution in [0.1, 0.15) is 19.8 Å².